The number of halogens is 1. The Bertz CT molecular complexity index is 357. The van der Waals surface area contributed by atoms with Gasteiger partial charge in [0.15, 0.2) is 0 Å². The molecular formula is C11H11BrO3. The van der Waals surface area contributed by atoms with E-state index in [0.717, 1.165) is 10.0 Å². The minimum absolute atomic E-state index is 0.480. The molecule has 0 spiro atoms. The van der Waals surface area contributed by atoms with E-state index in [-0.39, 0.29) is 0 Å². The van der Waals surface area contributed by atoms with Gasteiger partial charge in [-0.2, -0.15) is 0 Å². The summed E-state index contributed by atoms with van der Waals surface area (Å²) < 4.78 is 5.35. The molecule has 3 nitrogen and oxygen atoms in total. The zero-order chi connectivity index (χ0) is 11.3. The number of methoxy groups -OCH3 is 1. The first-order valence-electron chi connectivity index (χ1n) is 4.33. The van der Waals surface area contributed by atoms with Crippen LogP contribution in [0.4, 0.5) is 0 Å². The van der Waals surface area contributed by atoms with Gasteiger partial charge in [0.25, 0.3) is 0 Å². The SMILES string of the molecule is COC(=O)/C=C/[C@H](O)c1ccc(Br)cc1. The van der Waals surface area contributed by atoms with Gasteiger partial charge >= 0.3 is 5.97 Å². The predicted octanol–water partition coefficient (Wildman–Crippen LogP) is 2.21. The number of hydrogen-bond donors (Lipinski definition) is 1. The molecule has 80 valence electrons. The molecule has 0 aliphatic carbocycles. The Morgan fingerprint density at radius 3 is 2.60 bits per heavy atom. The summed E-state index contributed by atoms with van der Waals surface area (Å²) in [4.78, 5) is 10.8. The summed E-state index contributed by atoms with van der Waals surface area (Å²) in [5.74, 6) is -0.480. The molecule has 0 unspecified atom stereocenters. The molecule has 1 aromatic carbocycles. The zero-order valence-corrected chi connectivity index (χ0v) is 9.77. The molecule has 1 atom stereocenters. The van der Waals surface area contributed by atoms with Gasteiger partial charge in [0.05, 0.1) is 13.2 Å². The van der Waals surface area contributed by atoms with Crippen molar-refractivity contribution in [3.05, 3.63) is 46.5 Å². The summed E-state index contributed by atoms with van der Waals surface area (Å²) in [6.45, 7) is 0. The molecule has 0 aliphatic heterocycles. The number of aliphatic hydroxyl groups is 1. The standard InChI is InChI=1S/C11H11BrO3/c1-15-11(14)7-6-10(13)8-2-4-9(12)5-3-8/h2-7,10,13H,1H3/b7-6+/t10-/m0/s1. The molecule has 0 heterocycles. The highest BCUT2D eigenvalue weighted by atomic mass is 79.9. The number of carbonyl (C=O) groups is 1. The van der Waals surface area contributed by atoms with Crippen LogP contribution in [0, 0.1) is 0 Å². The van der Waals surface area contributed by atoms with Crippen molar-refractivity contribution in [3.63, 3.8) is 0 Å². The van der Waals surface area contributed by atoms with Gasteiger partial charge in [-0.3, -0.25) is 0 Å². The van der Waals surface area contributed by atoms with E-state index in [1.54, 1.807) is 12.1 Å². The van der Waals surface area contributed by atoms with Crippen LogP contribution < -0.4 is 0 Å². The van der Waals surface area contributed by atoms with E-state index >= 15 is 0 Å². The first kappa shape index (κ1) is 11.9. The van der Waals surface area contributed by atoms with Crippen LogP contribution in [0.3, 0.4) is 0 Å². The largest absolute Gasteiger partial charge is 0.466 e. The minimum Gasteiger partial charge on any atom is -0.466 e. The van der Waals surface area contributed by atoms with Crippen LogP contribution >= 0.6 is 15.9 Å². The fraction of sp³-hybridized carbons (Fsp3) is 0.182. The number of aliphatic hydroxyl groups excluding tert-OH is 1. The molecule has 4 heteroatoms. The normalized spacial score (nSPS) is 12.7. The van der Waals surface area contributed by atoms with Crippen LogP contribution in [0.1, 0.15) is 11.7 Å². The summed E-state index contributed by atoms with van der Waals surface area (Å²) in [6, 6.07) is 7.20. The van der Waals surface area contributed by atoms with Crippen molar-refractivity contribution in [1.82, 2.24) is 0 Å². The number of ether oxygens (including phenoxy) is 1. The van der Waals surface area contributed by atoms with Gasteiger partial charge < -0.3 is 9.84 Å². The third-order valence-electron chi connectivity index (χ3n) is 1.83. The van der Waals surface area contributed by atoms with Gasteiger partial charge in [-0.1, -0.05) is 28.1 Å². The third-order valence-corrected chi connectivity index (χ3v) is 2.36. The van der Waals surface area contributed by atoms with Gasteiger partial charge in [-0.15, -0.1) is 0 Å². The zero-order valence-electron chi connectivity index (χ0n) is 8.18. The lowest BCUT2D eigenvalue weighted by Crippen LogP contribution is -1.97. The second kappa shape index (κ2) is 5.68. The van der Waals surface area contributed by atoms with E-state index in [1.165, 1.54) is 19.3 Å². The van der Waals surface area contributed by atoms with Crippen LogP contribution in [-0.2, 0) is 9.53 Å². The number of esters is 1. The Balaban J connectivity index is 2.68. The van der Waals surface area contributed by atoms with Crippen molar-refractivity contribution in [2.45, 2.75) is 6.10 Å². The third kappa shape index (κ3) is 3.85. The quantitative estimate of drug-likeness (QED) is 0.677. The molecule has 0 radical (unpaired) electrons. The van der Waals surface area contributed by atoms with E-state index in [0.29, 0.717) is 0 Å². The Morgan fingerprint density at radius 2 is 2.07 bits per heavy atom. The van der Waals surface area contributed by atoms with Crippen LogP contribution in [-0.4, -0.2) is 18.2 Å². The Kier molecular flexibility index (Phi) is 4.52. The second-order valence-electron chi connectivity index (χ2n) is 2.88. The Labute approximate surface area is 96.5 Å². The topological polar surface area (TPSA) is 46.5 Å². The number of carbonyl (C=O) groups excluding carboxylic acids is 1. The van der Waals surface area contributed by atoms with Crippen molar-refractivity contribution in [2.24, 2.45) is 0 Å². The van der Waals surface area contributed by atoms with E-state index in [4.69, 9.17) is 0 Å². The van der Waals surface area contributed by atoms with Crippen LogP contribution in [0.25, 0.3) is 0 Å². The first-order chi connectivity index (χ1) is 7.13. The van der Waals surface area contributed by atoms with Gasteiger partial charge in [0, 0.05) is 10.5 Å². The molecule has 1 aromatic rings. The molecule has 0 amide bonds. The van der Waals surface area contributed by atoms with Crippen molar-refractivity contribution < 1.29 is 14.6 Å². The van der Waals surface area contributed by atoms with Gasteiger partial charge in [-0.25, -0.2) is 4.79 Å². The van der Waals surface area contributed by atoms with Gasteiger partial charge in [-0.05, 0) is 23.8 Å². The summed E-state index contributed by atoms with van der Waals surface area (Å²) in [5, 5.41) is 9.65. The van der Waals surface area contributed by atoms with Crippen LogP contribution in [0.15, 0.2) is 40.9 Å². The first-order valence-corrected chi connectivity index (χ1v) is 5.12. The molecule has 0 aromatic heterocycles. The average Bonchev–Trinajstić information content (AvgIpc) is 2.26. The highest BCUT2D eigenvalue weighted by Crippen LogP contribution is 2.17. The van der Waals surface area contributed by atoms with Crippen LogP contribution in [0.2, 0.25) is 0 Å². The molecular weight excluding hydrogens is 260 g/mol. The van der Waals surface area contributed by atoms with Crippen molar-refractivity contribution >= 4 is 21.9 Å². The lowest BCUT2D eigenvalue weighted by atomic mass is 10.1. The summed E-state index contributed by atoms with van der Waals surface area (Å²) in [6.07, 6.45) is 1.79. The van der Waals surface area contributed by atoms with E-state index in [2.05, 4.69) is 20.7 Å². The minimum atomic E-state index is -0.794. The molecule has 1 N–H and O–H groups in total. The van der Waals surface area contributed by atoms with Crippen molar-refractivity contribution in [3.8, 4) is 0 Å². The predicted molar refractivity (Wildman–Crippen MR) is 60.3 cm³/mol. The average molecular weight is 271 g/mol. The summed E-state index contributed by atoms with van der Waals surface area (Å²) >= 11 is 3.29. The maximum Gasteiger partial charge on any atom is 0.330 e. The number of hydrogen-bond acceptors (Lipinski definition) is 3. The monoisotopic (exact) mass is 270 g/mol. The molecule has 1 rings (SSSR count). The fourth-order valence-corrected chi connectivity index (χ4v) is 1.27. The summed E-state index contributed by atoms with van der Waals surface area (Å²) in [5.41, 5.74) is 0.721. The van der Waals surface area contributed by atoms with Gasteiger partial charge in [0.2, 0.25) is 0 Å². The molecule has 15 heavy (non-hydrogen) atoms. The second-order valence-corrected chi connectivity index (χ2v) is 3.79. The van der Waals surface area contributed by atoms with E-state index in [1.807, 2.05) is 12.1 Å². The Morgan fingerprint density at radius 1 is 1.47 bits per heavy atom. The molecule has 0 saturated carbocycles. The molecule has 0 fully saturated rings. The van der Waals surface area contributed by atoms with E-state index < -0.39 is 12.1 Å². The van der Waals surface area contributed by atoms with E-state index in [9.17, 15) is 9.90 Å². The van der Waals surface area contributed by atoms with Crippen molar-refractivity contribution in [1.29, 1.82) is 0 Å². The highest BCUT2D eigenvalue weighted by Gasteiger charge is 2.03. The lowest BCUT2D eigenvalue weighted by Gasteiger charge is -2.05. The maximum absolute atomic E-state index is 10.8. The summed E-state index contributed by atoms with van der Waals surface area (Å²) in [7, 11) is 1.29. The molecule has 0 saturated heterocycles. The highest BCUT2D eigenvalue weighted by molar-refractivity contribution is 9.10. The number of rotatable bonds is 3. The molecule has 0 aliphatic rings. The fourth-order valence-electron chi connectivity index (χ4n) is 1.01. The lowest BCUT2D eigenvalue weighted by molar-refractivity contribution is -0.134. The van der Waals surface area contributed by atoms with Crippen molar-refractivity contribution in [2.75, 3.05) is 7.11 Å². The smallest absolute Gasteiger partial charge is 0.330 e. The van der Waals surface area contributed by atoms with Crippen LogP contribution in [0.5, 0.6) is 0 Å². The molecule has 0 bridgehead atoms. The number of benzene rings is 1. The van der Waals surface area contributed by atoms with Gasteiger partial charge in [0.1, 0.15) is 0 Å². The maximum atomic E-state index is 10.8. The Hall–Kier alpha value is -1.13.